The first-order valence-corrected chi connectivity index (χ1v) is 5.96. The van der Waals surface area contributed by atoms with Crippen molar-refractivity contribution in [3.8, 4) is 11.5 Å². The molecule has 1 aromatic rings. The molecule has 0 spiro atoms. The van der Waals surface area contributed by atoms with Crippen LogP contribution in [0, 0.1) is 0 Å². The third-order valence-electron chi connectivity index (χ3n) is 1.92. The maximum Gasteiger partial charge on any atom is 0.184 e. The van der Waals surface area contributed by atoms with Crippen molar-refractivity contribution in [3.63, 3.8) is 0 Å². The van der Waals surface area contributed by atoms with Crippen LogP contribution in [0.1, 0.15) is 12.5 Å². The van der Waals surface area contributed by atoms with Crippen molar-refractivity contribution in [1.82, 2.24) is 5.43 Å². The highest BCUT2D eigenvalue weighted by Gasteiger charge is 2.10. The van der Waals surface area contributed by atoms with Crippen LogP contribution >= 0.6 is 23.8 Å². The van der Waals surface area contributed by atoms with Crippen LogP contribution in [0.25, 0.3) is 0 Å². The Labute approximate surface area is 116 Å². The summed E-state index contributed by atoms with van der Waals surface area (Å²) in [5.74, 6) is 1.06. The Morgan fingerprint density at radius 2 is 2.33 bits per heavy atom. The molecule has 3 N–H and O–H groups in total. The van der Waals surface area contributed by atoms with Gasteiger partial charge in [-0.25, -0.2) is 0 Å². The number of benzene rings is 1. The van der Waals surface area contributed by atoms with E-state index in [0.717, 1.165) is 5.56 Å². The van der Waals surface area contributed by atoms with E-state index in [2.05, 4.69) is 22.7 Å². The summed E-state index contributed by atoms with van der Waals surface area (Å²) in [4.78, 5) is 0. The van der Waals surface area contributed by atoms with Gasteiger partial charge in [0.15, 0.2) is 16.6 Å². The highest BCUT2D eigenvalue weighted by atomic mass is 35.5. The second-order valence-corrected chi connectivity index (χ2v) is 4.05. The van der Waals surface area contributed by atoms with Gasteiger partial charge in [-0.15, -0.1) is 0 Å². The summed E-state index contributed by atoms with van der Waals surface area (Å²) in [6, 6.07) is 3.46. The third kappa shape index (κ3) is 4.05. The second kappa shape index (κ2) is 7.03. The lowest BCUT2D eigenvalue weighted by Crippen LogP contribution is -2.23. The van der Waals surface area contributed by atoms with E-state index in [1.54, 1.807) is 12.1 Å². The number of methoxy groups -OCH3 is 1. The minimum absolute atomic E-state index is 0.0934. The number of nitrogens with zero attached hydrogens (tertiary/aromatic N) is 1. The number of halogens is 1. The Hall–Kier alpha value is -1.53. The molecule has 0 unspecified atom stereocenters. The molecular weight excluding hydrogens is 274 g/mol. The van der Waals surface area contributed by atoms with Crippen molar-refractivity contribution >= 4 is 35.1 Å². The van der Waals surface area contributed by atoms with Gasteiger partial charge in [0.1, 0.15) is 0 Å². The van der Waals surface area contributed by atoms with Crippen LogP contribution in [0.5, 0.6) is 11.5 Å². The Morgan fingerprint density at radius 1 is 1.61 bits per heavy atom. The van der Waals surface area contributed by atoms with Gasteiger partial charge in [-0.3, -0.25) is 5.43 Å². The van der Waals surface area contributed by atoms with Gasteiger partial charge < -0.3 is 15.2 Å². The fraction of sp³-hybridized carbons (Fsp3) is 0.273. The largest absolute Gasteiger partial charge is 0.491 e. The number of hydrogen-bond acceptors (Lipinski definition) is 4. The van der Waals surface area contributed by atoms with Gasteiger partial charge in [-0.05, 0) is 36.8 Å². The molecule has 7 heteroatoms. The second-order valence-electron chi connectivity index (χ2n) is 3.20. The van der Waals surface area contributed by atoms with E-state index in [1.165, 1.54) is 13.3 Å². The van der Waals surface area contributed by atoms with Crippen LogP contribution in [0.15, 0.2) is 17.2 Å². The molecule has 0 saturated carbocycles. The number of ether oxygens (including phenoxy) is 2. The molecule has 0 aliphatic carbocycles. The fourth-order valence-electron chi connectivity index (χ4n) is 1.29. The first kappa shape index (κ1) is 14.5. The number of thiocarbonyl (C=S) groups is 1. The molecule has 98 valence electrons. The average Bonchev–Trinajstić information content (AvgIpc) is 2.28. The molecular formula is C11H14ClN3O2S. The van der Waals surface area contributed by atoms with Crippen LogP contribution < -0.4 is 20.6 Å². The summed E-state index contributed by atoms with van der Waals surface area (Å²) in [5, 5.41) is 4.38. The Morgan fingerprint density at radius 3 is 2.89 bits per heavy atom. The molecule has 0 heterocycles. The first-order chi connectivity index (χ1) is 8.58. The molecule has 0 radical (unpaired) electrons. The molecule has 0 amide bonds. The zero-order chi connectivity index (χ0) is 13.5. The molecule has 0 aromatic heterocycles. The lowest BCUT2D eigenvalue weighted by molar-refractivity contribution is 0.311. The molecule has 0 atom stereocenters. The highest BCUT2D eigenvalue weighted by molar-refractivity contribution is 7.80. The predicted octanol–water partition coefficient (Wildman–Crippen LogP) is 1.91. The van der Waals surface area contributed by atoms with E-state index in [4.69, 9.17) is 26.8 Å². The Bertz CT molecular complexity index is 466. The van der Waals surface area contributed by atoms with Gasteiger partial charge in [0, 0.05) is 0 Å². The molecule has 0 saturated heterocycles. The molecule has 5 nitrogen and oxygen atoms in total. The first-order valence-electron chi connectivity index (χ1n) is 5.17. The van der Waals surface area contributed by atoms with Gasteiger partial charge in [-0.1, -0.05) is 11.6 Å². The standard InChI is InChI=1S/C11H14ClN3O2S/c1-3-17-9-5-7(6-14-15-11(13)18)4-8(12)10(9)16-2/h4-6H,3H2,1-2H3,(H3,13,15,18)/b14-6+. The molecule has 1 aromatic carbocycles. The van der Waals surface area contributed by atoms with Crippen LogP contribution in [0.4, 0.5) is 0 Å². The van der Waals surface area contributed by atoms with Gasteiger partial charge in [0.25, 0.3) is 0 Å². The van der Waals surface area contributed by atoms with E-state index >= 15 is 0 Å². The summed E-state index contributed by atoms with van der Waals surface area (Å²) in [7, 11) is 1.53. The van der Waals surface area contributed by atoms with Crippen molar-refractivity contribution in [1.29, 1.82) is 0 Å². The summed E-state index contributed by atoms with van der Waals surface area (Å²) in [6.45, 7) is 2.39. The minimum atomic E-state index is 0.0934. The zero-order valence-electron chi connectivity index (χ0n) is 10.1. The van der Waals surface area contributed by atoms with Gasteiger partial charge >= 0.3 is 0 Å². The zero-order valence-corrected chi connectivity index (χ0v) is 11.6. The molecule has 18 heavy (non-hydrogen) atoms. The van der Waals surface area contributed by atoms with Crippen molar-refractivity contribution in [3.05, 3.63) is 22.7 Å². The van der Waals surface area contributed by atoms with E-state index in [1.807, 2.05) is 6.92 Å². The van der Waals surface area contributed by atoms with E-state index in [9.17, 15) is 0 Å². The molecule has 0 fully saturated rings. The molecule has 0 aliphatic heterocycles. The van der Waals surface area contributed by atoms with E-state index in [-0.39, 0.29) is 5.11 Å². The van der Waals surface area contributed by atoms with Crippen molar-refractivity contribution in [2.75, 3.05) is 13.7 Å². The van der Waals surface area contributed by atoms with E-state index < -0.39 is 0 Å². The molecule has 1 rings (SSSR count). The van der Waals surface area contributed by atoms with Crippen LogP contribution in [-0.4, -0.2) is 25.0 Å². The predicted molar refractivity (Wildman–Crippen MR) is 76.7 cm³/mol. The molecule has 0 aliphatic rings. The van der Waals surface area contributed by atoms with Crippen LogP contribution in [0.2, 0.25) is 5.02 Å². The van der Waals surface area contributed by atoms with Crippen molar-refractivity contribution < 1.29 is 9.47 Å². The van der Waals surface area contributed by atoms with Gasteiger partial charge in [0.2, 0.25) is 0 Å². The monoisotopic (exact) mass is 287 g/mol. The number of nitrogens with two attached hydrogens (primary N) is 1. The summed E-state index contributed by atoms with van der Waals surface area (Å²) >= 11 is 10.7. The van der Waals surface area contributed by atoms with Crippen LogP contribution in [-0.2, 0) is 0 Å². The normalized spacial score (nSPS) is 10.4. The van der Waals surface area contributed by atoms with Gasteiger partial charge in [0.05, 0.1) is 25.0 Å². The summed E-state index contributed by atoms with van der Waals surface area (Å²) in [6.07, 6.45) is 1.53. The van der Waals surface area contributed by atoms with Crippen molar-refractivity contribution in [2.24, 2.45) is 10.8 Å². The fourth-order valence-corrected chi connectivity index (χ4v) is 1.64. The van der Waals surface area contributed by atoms with Crippen molar-refractivity contribution in [2.45, 2.75) is 6.92 Å². The van der Waals surface area contributed by atoms with Crippen LogP contribution in [0.3, 0.4) is 0 Å². The topological polar surface area (TPSA) is 68.9 Å². The van der Waals surface area contributed by atoms with E-state index in [0.29, 0.717) is 23.1 Å². The minimum Gasteiger partial charge on any atom is -0.491 e. The SMILES string of the molecule is CCOc1cc(/C=N/NC(N)=S)cc(Cl)c1OC. The maximum atomic E-state index is 6.07. The Kier molecular flexibility index (Phi) is 5.67. The quantitative estimate of drug-likeness (QED) is 0.492. The number of hydrazone groups is 1. The Balaban J connectivity index is 3.00. The lowest BCUT2D eigenvalue weighted by Gasteiger charge is -2.11. The molecule has 0 bridgehead atoms. The summed E-state index contributed by atoms with van der Waals surface area (Å²) < 4.78 is 10.6. The highest BCUT2D eigenvalue weighted by Crippen LogP contribution is 2.35. The smallest absolute Gasteiger partial charge is 0.184 e. The number of nitrogens with one attached hydrogen (secondary N) is 1. The third-order valence-corrected chi connectivity index (χ3v) is 2.30. The average molecular weight is 288 g/mol. The van der Waals surface area contributed by atoms with Gasteiger partial charge in [-0.2, -0.15) is 5.10 Å². The number of rotatable bonds is 5. The summed E-state index contributed by atoms with van der Waals surface area (Å²) in [5.41, 5.74) is 8.45. The lowest BCUT2D eigenvalue weighted by atomic mass is 10.2. The maximum absolute atomic E-state index is 6.07. The number of hydrogen-bond donors (Lipinski definition) is 2.